The first kappa shape index (κ1) is 17.4. The number of aliphatic hydroxyl groups is 1. The van der Waals surface area contributed by atoms with Gasteiger partial charge in [0.15, 0.2) is 11.5 Å². The number of aromatic nitrogens is 4. The van der Waals surface area contributed by atoms with E-state index < -0.39 is 0 Å². The quantitative estimate of drug-likeness (QED) is 0.748. The number of amides is 1. The van der Waals surface area contributed by atoms with Crippen LogP contribution >= 0.6 is 0 Å². The van der Waals surface area contributed by atoms with Crippen LogP contribution in [0, 0.1) is 5.92 Å². The maximum Gasteiger partial charge on any atom is 0.409 e. The fraction of sp³-hybridized carbons (Fsp3) is 0.625. The van der Waals surface area contributed by atoms with Gasteiger partial charge in [0.05, 0.1) is 12.9 Å². The van der Waals surface area contributed by atoms with Gasteiger partial charge in [0.2, 0.25) is 0 Å². The van der Waals surface area contributed by atoms with Gasteiger partial charge in [-0.1, -0.05) is 0 Å². The molecule has 0 aromatic carbocycles. The largest absolute Gasteiger partial charge is 0.449 e. The Morgan fingerprint density at radius 2 is 2.24 bits per heavy atom. The van der Waals surface area contributed by atoms with Gasteiger partial charge in [-0.15, -0.1) is 0 Å². The lowest BCUT2D eigenvalue weighted by Gasteiger charge is -2.31. The van der Waals surface area contributed by atoms with Crippen LogP contribution in [0.4, 0.5) is 10.6 Å². The Balaban J connectivity index is 1.40. The number of aryl methyl sites for hydroxylation is 1. The number of nitrogen functional groups attached to an aromatic ring is 1. The lowest BCUT2D eigenvalue weighted by Crippen LogP contribution is -2.41. The van der Waals surface area contributed by atoms with Crippen molar-refractivity contribution in [2.45, 2.75) is 32.2 Å². The molecule has 1 fully saturated rings. The summed E-state index contributed by atoms with van der Waals surface area (Å²) in [5, 5.41) is 9.22. The van der Waals surface area contributed by atoms with Crippen LogP contribution < -0.4 is 5.73 Å². The fourth-order valence-electron chi connectivity index (χ4n) is 3.08. The van der Waals surface area contributed by atoms with Crippen LogP contribution in [0.3, 0.4) is 0 Å². The molecule has 25 heavy (non-hydrogen) atoms. The smallest absolute Gasteiger partial charge is 0.409 e. The first-order valence-corrected chi connectivity index (χ1v) is 8.63. The Kier molecular flexibility index (Phi) is 5.64. The first-order chi connectivity index (χ1) is 12.2. The standard InChI is InChI=1S/C16H24N6O3/c17-14-13-15(19-10-18-14)22(11-20-13)5-1-2-7-25-16(24)21-6-3-4-12(8-21)9-23/h10-12,23H,1-9H2,(H2,17,18,19). The fourth-order valence-corrected chi connectivity index (χ4v) is 3.08. The number of aliphatic hydroxyl groups excluding tert-OH is 1. The zero-order valence-corrected chi connectivity index (χ0v) is 14.2. The van der Waals surface area contributed by atoms with Crippen molar-refractivity contribution in [1.29, 1.82) is 0 Å². The molecule has 136 valence electrons. The normalized spacial score (nSPS) is 17.8. The summed E-state index contributed by atoms with van der Waals surface area (Å²) in [6.45, 7) is 2.51. The highest BCUT2D eigenvalue weighted by Gasteiger charge is 2.23. The first-order valence-electron chi connectivity index (χ1n) is 8.63. The van der Waals surface area contributed by atoms with E-state index in [2.05, 4.69) is 15.0 Å². The molecule has 1 aliphatic heterocycles. The van der Waals surface area contributed by atoms with Crippen molar-refractivity contribution in [3.05, 3.63) is 12.7 Å². The van der Waals surface area contributed by atoms with Gasteiger partial charge in [0, 0.05) is 26.2 Å². The number of anilines is 1. The molecule has 3 N–H and O–H groups in total. The molecule has 1 aliphatic rings. The molecule has 1 saturated heterocycles. The van der Waals surface area contributed by atoms with E-state index in [-0.39, 0.29) is 18.6 Å². The molecule has 9 heteroatoms. The third-order valence-corrected chi connectivity index (χ3v) is 4.48. The van der Waals surface area contributed by atoms with E-state index >= 15 is 0 Å². The predicted octanol–water partition coefficient (Wildman–Crippen LogP) is 1.03. The Morgan fingerprint density at radius 1 is 1.36 bits per heavy atom. The molecule has 3 rings (SSSR count). The van der Waals surface area contributed by atoms with Crippen molar-refractivity contribution in [2.24, 2.45) is 5.92 Å². The van der Waals surface area contributed by atoms with Crippen LogP contribution in [0.15, 0.2) is 12.7 Å². The number of fused-ring (bicyclic) bond motifs is 1. The zero-order valence-electron chi connectivity index (χ0n) is 14.2. The van der Waals surface area contributed by atoms with Gasteiger partial charge in [0.25, 0.3) is 0 Å². The number of nitrogens with two attached hydrogens (primary N) is 1. The molecule has 3 heterocycles. The number of nitrogens with zero attached hydrogens (tertiary/aromatic N) is 5. The molecule has 2 aromatic rings. The maximum absolute atomic E-state index is 12.0. The molecule has 0 saturated carbocycles. The minimum Gasteiger partial charge on any atom is -0.449 e. The van der Waals surface area contributed by atoms with Gasteiger partial charge in [-0.3, -0.25) is 0 Å². The highest BCUT2D eigenvalue weighted by atomic mass is 16.6. The third-order valence-electron chi connectivity index (χ3n) is 4.48. The molecular weight excluding hydrogens is 324 g/mol. The number of rotatable bonds is 6. The van der Waals surface area contributed by atoms with Crippen molar-refractivity contribution in [2.75, 3.05) is 32.0 Å². The Labute approximate surface area is 145 Å². The summed E-state index contributed by atoms with van der Waals surface area (Å²) in [7, 11) is 0. The molecule has 0 bridgehead atoms. The van der Waals surface area contributed by atoms with E-state index in [4.69, 9.17) is 10.5 Å². The summed E-state index contributed by atoms with van der Waals surface area (Å²) in [6, 6.07) is 0. The SMILES string of the molecule is Nc1ncnc2c1ncn2CCCCOC(=O)N1CCCC(CO)C1. The summed E-state index contributed by atoms with van der Waals surface area (Å²) in [6.07, 6.45) is 6.31. The summed E-state index contributed by atoms with van der Waals surface area (Å²) in [4.78, 5) is 26.1. The summed E-state index contributed by atoms with van der Waals surface area (Å²) < 4.78 is 7.26. The highest BCUT2D eigenvalue weighted by molar-refractivity contribution is 5.81. The molecule has 1 atom stereocenters. The van der Waals surface area contributed by atoms with E-state index in [1.54, 1.807) is 11.2 Å². The van der Waals surface area contributed by atoms with Crippen molar-refractivity contribution >= 4 is 23.1 Å². The molecular formula is C16H24N6O3. The van der Waals surface area contributed by atoms with Crippen LogP contribution in [0.25, 0.3) is 11.2 Å². The monoisotopic (exact) mass is 348 g/mol. The predicted molar refractivity (Wildman–Crippen MR) is 91.7 cm³/mol. The second-order valence-electron chi connectivity index (χ2n) is 6.33. The summed E-state index contributed by atoms with van der Waals surface area (Å²) in [5.41, 5.74) is 7.09. The van der Waals surface area contributed by atoms with Crippen LogP contribution in [0.2, 0.25) is 0 Å². The van der Waals surface area contributed by atoms with Crippen LogP contribution in [0.1, 0.15) is 25.7 Å². The lowest BCUT2D eigenvalue weighted by atomic mass is 10.00. The number of unbranched alkanes of at least 4 members (excludes halogenated alkanes) is 1. The van der Waals surface area contributed by atoms with Crippen molar-refractivity contribution < 1.29 is 14.6 Å². The number of carbonyl (C=O) groups excluding carboxylic acids is 1. The Hall–Kier alpha value is -2.42. The molecule has 2 aromatic heterocycles. The number of carbonyl (C=O) groups is 1. The molecule has 0 radical (unpaired) electrons. The minimum atomic E-state index is -0.285. The van der Waals surface area contributed by atoms with E-state index in [1.165, 1.54) is 6.33 Å². The molecule has 0 aliphatic carbocycles. The number of likely N-dealkylation sites (tertiary alicyclic amines) is 1. The van der Waals surface area contributed by atoms with E-state index in [9.17, 15) is 9.90 Å². The van der Waals surface area contributed by atoms with Gasteiger partial charge in [-0.05, 0) is 31.6 Å². The average molecular weight is 348 g/mol. The van der Waals surface area contributed by atoms with Gasteiger partial charge >= 0.3 is 6.09 Å². The summed E-state index contributed by atoms with van der Waals surface area (Å²) >= 11 is 0. The number of imidazole rings is 1. The van der Waals surface area contributed by atoms with Crippen LogP contribution in [-0.2, 0) is 11.3 Å². The molecule has 9 nitrogen and oxygen atoms in total. The number of ether oxygens (including phenoxy) is 1. The lowest BCUT2D eigenvalue weighted by molar-refractivity contribution is 0.0718. The molecule has 0 spiro atoms. The van der Waals surface area contributed by atoms with Gasteiger partial charge in [-0.25, -0.2) is 19.7 Å². The van der Waals surface area contributed by atoms with Crippen molar-refractivity contribution in [3.8, 4) is 0 Å². The van der Waals surface area contributed by atoms with Gasteiger partial charge < -0.3 is 25.0 Å². The van der Waals surface area contributed by atoms with Crippen LogP contribution in [-0.4, -0.2) is 61.9 Å². The number of piperidine rings is 1. The Morgan fingerprint density at radius 3 is 3.08 bits per heavy atom. The minimum absolute atomic E-state index is 0.122. The second kappa shape index (κ2) is 8.11. The molecule has 1 amide bonds. The molecule has 1 unspecified atom stereocenters. The van der Waals surface area contributed by atoms with E-state index in [0.29, 0.717) is 36.7 Å². The van der Waals surface area contributed by atoms with Gasteiger partial charge in [-0.2, -0.15) is 0 Å². The van der Waals surface area contributed by atoms with Crippen molar-refractivity contribution in [1.82, 2.24) is 24.4 Å². The van der Waals surface area contributed by atoms with E-state index in [0.717, 1.165) is 32.2 Å². The number of hydrogen-bond donors (Lipinski definition) is 2. The summed E-state index contributed by atoms with van der Waals surface area (Å²) in [5.74, 6) is 0.547. The van der Waals surface area contributed by atoms with E-state index in [1.807, 2.05) is 4.57 Å². The third kappa shape index (κ3) is 4.16. The second-order valence-corrected chi connectivity index (χ2v) is 6.33. The zero-order chi connectivity index (χ0) is 17.6. The van der Waals surface area contributed by atoms with Crippen LogP contribution in [0.5, 0.6) is 0 Å². The average Bonchev–Trinajstić information content (AvgIpc) is 3.06. The highest BCUT2D eigenvalue weighted by Crippen LogP contribution is 2.17. The maximum atomic E-state index is 12.0. The topological polar surface area (TPSA) is 119 Å². The van der Waals surface area contributed by atoms with Crippen molar-refractivity contribution in [3.63, 3.8) is 0 Å². The Bertz CT molecular complexity index is 719. The number of hydrogen-bond acceptors (Lipinski definition) is 7. The van der Waals surface area contributed by atoms with Gasteiger partial charge in [0.1, 0.15) is 11.8 Å².